The smallest absolute Gasteiger partial charge is 0.134 e. The summed E-state index contributed by atoms with van der Waals surface area (Å²) in [5, 5.41) is 0.381. The number of hydrogen-bond acceptors (Lipinski definition) is 3. The first kappa shape index (κ1) is 19.7. The van der Waals surface area contributed by atoms with Crippen LogP contribution in [0.4, 0.5) is 0 Å². The average Bonchev–Trinajstić information content (AvgIpc) is 2.85. The molecule has 0 saturated carbocycles. The molecule has 1 aromatic rings. The molecule has 0 aromatic heterocycles. The monoisotopic (exact) mass is 371 g/mol. The van der Waals surface area contributed by atoms with Crippen LogP contribution in [-0.2, 0) is 11.3 Å². The van der Waals surface area contributed by atoms with Gasteiger partial charge in [0, 0.05) is 24.3 Å². The first-order valence-corrected chi connectivity index (χ1v) is 11.4. The number of hydrogen-bond donors (Lipinski definition) is 0. The third-order valence-corrected chi connectivity index (χ3v) is 7.25. The lowest BCUT2D eigenvalue weighted by molar-refractivity contribution is -0.121. The molecule has 0 N–H and O–H groups in total. The van der Waals surface area contributed by atoms with E-state index in [1.807, 2.05) is 11.8 Å². The molecule has 0 saturated heterocycles. The van der Waals surface area contributed by atoms with Crippen molar-refractivity contribution in [1.82, 2.24) is 4.90 Å². The first-order valence-electron chi connectivity index (χ1n) is 10.1. The summed E-state index contributed by atoms with van der Waals surface area (Å²) in [5.41, 5.74) is 4.69. The number of allylic oxidation sites excluding steroid dienone is 1. The Morgan fingerprint density at radius 2 is 2.00 bits per heavy atom. The van der Waals surface area contributed by atoms with Crippen LogP contribution in [0.15, 0.2) is 41.5 Å². The fraction of sp³-hybridized carbons (Fsp3) is 0.609. The van der Waals surface area contributed by atoms with Gasteiger partial charge in [0.25, 0.3) is 0 Å². The van der Waals surface area contributed by atoms with Crippen LogP contribution in [0.2, 0.25) is 0 Å². The Kier molecular flexibility index (Phi) is 6.99. The molecule has 2 nitrogen and oxygen atoms in total. The van der Waals surface area contributed by atoms with Gasteiger partial charge in [-0.15, -0.1) is 0 Å². The maximum Gasteiger partial charge on any atom is 0.134 e. The van der Waals surface area contributed by atoms with E-state index in [1.165, 1.54) is 31.2 Å². The van der Waals surface area contributed by atoms with Gasteiger partial charge in [0.1, 0.15) is 5.78 Å². The van der Waals surface area contributed by atoms with E-state index in [1.54, 1.807) is 18.1 Å². The van der Waals surface area contributed by atoms with Crippen molar-refractivity contribution in [2.24, 2.45) is 11.8 Å². The number of ketones is 1. The van der Waals surface area contributed by atoms with Crippen LogP contribution in [0.25, 0.3) is 0 Å². The van der Waals surface area contributed by atoms with Crippen molar-refractivity contribution in [3.63, 3.8) is 0 Å². The molecule has 0 fully saturated rings. The SMILES string of the molecule is CCC[C@H]1C[C@@H](C(C)=O)[C@@H](SC)C2=C1CCCN(Cc1ccccc1)C2. The molecular weight excluding hydrogens is 338 g/mol. The molecule has 3 rings (SSSR count). The number of carbonyl (C=O) groups is 1. The number of nitrogens with zero attached hydrogens (tertiary/aromatic N) is 1. The molecule has 0 spiro atoms. The van der Waals surface area contributed by atoms with E-state index in [9.17, 15) is 4.79 Å². The van der Waals surface area contributed by atoms with Gasteiger partial charge in [-0.2, -0.15) is 11.8 Å². The van der Waals surface area contributed by atoms with E-state index in [0.717, 1.165) is 26.1 Å². The molecule has 1 aliphatic heterocycles. The highest BCUT2D eigenvalue weighted by molar-refractivity contribution is 7.99. The normalized spacial score (nSPS) is 27.1. The number of Topliss-reactive ketones (excluding diaryl/α,β-unsaturated/α-hetero) is 1. The molecular formula is C23H33NOS. The van der Waals surface area contributed by atoms with Gasteiger partial charge >= 0.3 is 0 Å². The summed E-state index contributed by atoms with van der Waals surface area (Å²) in [6.07, 6.45) is 8.20. The van der Waals surface area contributed by atoms with E-state index in [0.29, 0.717) is 17.0 Å². The topological polar surface area (TPSA) is 20.3 Å². The Hall–Kier alpha value is -1.06. The molecule has 1 aliphatic carbocycles. The standard InChI is InChI=1S/C23H33NOS/c1-4-9-19-14-21(17(2)25)23(26-3)22-16-24(13-8-12-20(19)22)15-18-10-6-5-7-11-18/h5-7,10-11,19,21,23H,4,8-9,12-16H2,1-3H3/t19-,21-,23+/m0/s1. The lowest BCUT2D eigenvalue weighted by Crippen LogP contribution is -2.38. The van der Waals surface area contributed by atoms with Gasteiger partial charge in [0.05, 0.1) is 0 Å². The highest BCUT2D eigenvalue weighted by atomic mass is 32.2. The van der Waals surface area contributed by atoms with Crippen LogP contribution in [0, 0.1) is 11.8 Å². The predicted octanol–water partition coefficient (Wildman–Crippen LogP) is 5.34. The first-order chi connectivity index (χ1) is 12.6. The Labute approximate surface area is 163 Å². The predicted molar refractivity (Wildman–Crippen MR) is 112 cm³/mol. The van der Waals surface area contributed by atoms with Crippen molar-refractivity contribution in [1.29, 1.82) is 0 Å². The van der Waals surface area contributed by atoms with Crippen LogP contribution in [0.3, 0.4) is 0 Å². The molecule has 1 heterocycles. The van der Waals surface area contributed by atoms with Gasteiger partial charge in [0.2, 0.25) is 0 Å². The van der Waals surface area contributed by atoms with Crippen LogP contribution < -0.4 is 0 Å². The fourth-order valence-corrected chi connectivity index (χ4v) is 6.07. The van der Waals surface area contributed by atoms with Gasteiger partial charge < -0.3 is 0 Å². The lowest BCUT2D eigenvalue weighted by atomic mass is 9.72. The minimum absolute atomic E-state index is 0.206. The van der Waals surface area contributed by atoms with Crippen molar-refractivity contribution >= 4 is 17.5 Å². The lowest BCUT2D eigenvalue weighted by Gasteiger charge is -2.39. The maximum atomic E-state index is 12.4. The van der Waals surface area contributed by atoms with Gasteiger partial charge in [-0.3, -0.25) is 9.69 Å². The molecule has 26 heavy (non-hydrogen) atoms. The molecule has 0 bridgehead atoms. The second kappa shape index (κ2) is 9.23. The summed E-state index contributed by atoms with van der Waals surface area (Å²) < 4.78 is 0. The minimum Gasteiger partial charge on any atom is -0.300 e. The minimum atomic E-state index is 0.206. The zero-order chi connectivity index (χ0) is 18.5. The van der Waals surface area contributed by atoms with Crippen molar-refractivity contribution in [2.75, 3.05) is 19.3 Å². The Balaban J connectivity index is 1.88. The summed E-state index contributed by atoms with van der Waals surface area (Å²) in [4.78, 5) is 15.0. The molecule has 1 aromatic carbocycles. The Bertz CT molecular complexity index is 639. The van der Waals surface area contributed by atoms with E-state index >= 15 is 0 Å². The maximum absolute atomic E-state index is 12.4. The number of rotatable bonds is 6. The quantitative estimate of drug-likeness (QED) is 0.630. The number of benzene rings is 1. The molecule has 0 amide bonds. The largest absolute Gasteiger partial charge is 0.300 e. The Morgan fingerprint density at radius 3 is 2.65 bits per heavy atom. The second-order valence-corrected chi connectivity index (χ2v) is 8.92. The van der Waals surface area contributed by atoms with Crippen LogP contribution in [0.5, 0.6) is 0 Å². The van der Waals surface area contributed by atoms with E-state index in [-0.39, 0.29) is 5.92 Å². The molecule has 0 unspecified atom stereocenters. The fourth-order valence-electron chi connectivity index (χ4n) is 4.93. The number of carbonyl (C=O) groups excluding carboxylic acids is 1. The molecule has 2 aliphatic rings. The molecule has 142 valence electrons. The van der Waals surface area contributed by atoms with Gasteiger partial charge in [-0.25, -0.2) is 0 Å². The molecule has 0 radical (unpaired) electrons. The highest BCUT2D eigenvalue weighted by Gasteiger charge is 2.39. The summed E-state index contributed by atoms with van der Waals surface area (Å²) in [6, 6.07) is 10.8. The second-order valence-electron chi connectivity index (χ2n) is 7.95. The average molecular weight is 372 g/mol. The number of thioether (sulfide) groups is 1. The summed E-state index contributed by atoms with van der Waals surface area (Å²) in [7, 11) is 0. The van der Waals surface area contributed by atoms with Crippen molar-refractivity contribution in [3.05, 3.63) is 47.0 Å². The van der Waals surface area contributed by atoms with Gasteiger partial charge in [-0.05, 0) is 62.5 Å². The van der Waals surface area contributed by atoms with Crippen molar-refractivity contribution < 1.29 is 4.79 Å². The van der Waals surface area contributed by atoms with Gasteiger partial charge in [0.15, 0.2) is 0 Å². The summed E-state index contributed by atoms with van der Waals surface area (Å²) in [6.45, 7) is 7.30. The highest BCUT2D eigenvalue weighted by Crippen LogP contribution is 2.45. The summed E-state index contributed by atoms with van der Waals surface area (Å²) in [5.74, 6) is 1.22. The van der Waals surface area contributed by atoms with E-state index < -0.39 is 0 Å². The van der Waals surface area contributed by atoms with Crippen LogP contribution in [-0.4, -0.2) is 35.3 Å². The summed E-state index contributed by atoms with van der Waals surface area (Å²) >= 11 is 1.90. The van der Waals surface area contributed by atoms with Crippen LogP contribution >= 0.6 is 11.8 Å². The van der Waals surface area contributed by atoms with Gasteiger partial charge in [-0.1, -0.05) is 49.2 Å². The molecule has 3 atom stereocenters. The zero-order valence-corrected chi connectivity index (χ0v) is 17.4. The van der Waals surface area contributed by atoms with Crippen molar-refractivity contribution in [3.8, 4) is 0 Å². The third kappa shape index (κ3) is 4.43. The zero-order valence-electron chi connectivity index (χ0n) is 16.5. The van der Waals surface area contributed by atoms with Crippen LogP contribution in [0.1, 0.15) is 51.5 Å². The van der Waals surface area contributed by atoms with Crippen molar-refractivity contribution in [2.45, 2.75) is 57.7 Å². The van der Waals surface area contributed by atoms with E-state index in [2.05, 4.69) is 48.4 Å². The van der Waals surface area contributed by atoms with E-state index in [4.69, 9.17) is 0 Å². The Morgan fingerprint density at radius 1 is 1.23 bits per heavy atom. The third-order valence-electron chi connectivity index (χ3n) is 6.13. The molecule has 3 heteroatoms.